The van der Waals surface area contributed by atoms with Crippen molar-refractivity contribution in [1.82, 2.24) is 4.31 Å². The van der Waals surface area contributed by atoms with Gasteiger partial charge in [-0.1, -0.05) is 42.0 Å². The summed E-state index contributed by atoms with van der Waals surface area (Å²) in [7, 11) is -4.05. The minimum absolute atomic E-state index is 0.0633. The molecular formula is C22H18N2O5S. The van der Waals surface area contributed by atoms with Crippen LogP contribution in [0.25, 0.3) is 0 Å². The molecule has 0 aliphatic carbocycles. The molecule has 1 heterocycles. The molecule has 7 nitrogen and oxygen atoms in total. The second-order valence-corrected chi connectivity index (χ2v) is 8.60. The summed E-state index contributed by atoms with van der Waals surface area (Å²) in [6.07, 6.45) is 0. The number of hydrogen-bond acceptors (Lipinski definition) is 5. The van der Waals surface area contributed by atoms with Crippen molar-refractivity contribution in [2.45, 2.75) is 11.8 Å². The predicted octanol–water partition coefficient (Wildman–Crippen LogP) is 3.57. The van der Waals surface area contributed by atoms with Crippen molar-refractivity contribution in [3.8, 4) is 11.5 Å². The standard InChI is InChI=1S/C22H18N2O5S/c1-15-10-12-16(13-11-15)29-19-8-4-3-7-18(19)23-21(25)14-24-22(26)17-6-2-5-9-20(17)30(24,27)28/h2-13H,14H2,1H3,(H,23,25). The van der Waals surface area contributed by atoms with Gasteiger partial charge in [-0.25, -0.2) is 12.7 Å². The second kappa shape index (κ2) is 7.64. The first-order valence-corrected chi connectivity index (χ1v) is 10.6. The van der Waals surface area contributed by atoms with E-state index >= 15 is 0 Å². The number of carbonyl (C=O) groups is 2. The zero-order valence-electron chi connectivity index (χ0n) is 16.0. The van der Waals surface area contributed by atoms with E-state index in [-0.39, 0.29) is 10.5 Å². The smallest absolute Gasteiger partial charge is 0.269 e. The zero-order chi connectivity index (χ0) is 21.3. The van der Waals surface area contributed by atoms with Gasteiger partial charge in [0.25, 0.3) is 15.9 Å². The number of hydrogen-bond donors (Lipinski definition) is 1. The summed E-state index contributed by atoms with van der Waals surface area (Å²) in [4.78, 5) is 25.0. The van der Waals surface area contributed by atoms with Crippen molar-refractivity contribution in [3.05, 3.63) is 83.9 Å². The zero-order valence-corrected chi connectivity index (χ0v) is 16.8. The van der Waals surface area contributed by atoms with Crippen LogP contribution in [0.15, 0.2) is 77.7 Å². The molecule has 1 aliphatic heterocycles. The van der Waals surface area contributed by atoms with Gasteiger partial charge in [-0.2, -0.15) is 0 Å². The number of anilines is 1. The van der Waals surface area contributed by atoms with Gasteiger partial charge in [0, 0.05) is 0 Å². The van der Waals surface area contributed by atoms with E-state index in [4.69, 9.17) is 4.74 Å². The second-order valence-electron chi connectivity index (χ2n) is 6.77. The molecule has 3 aromatic carbocycles. The Labute approximate surface area is 174 Å². The quantitative estimate of drug-likeness (QED) is 0.679. The third-order valence-electron chi connectivity index (χ3n) is 4.61. The van der Waals surface area contributed by atoms with Crippen molar-refractivity contribution >= 4 is 27.5 Å². The molecule has 0 radical (unpaired) electrons. The van der Waals surface area contributed by atoms with E-state index in [0.717, 1.165) is 5.56 Å². The van der Waals surface area contributed by atoms with Crippen LogP contribution >= 0.6 is 0 Å². The molecule has 0 saturated carbocycles. The molecule has 152 valence electrons. The summed E-state index contributed by atoms with van der Waals surface area (Å²) in [5.74, 6) is -0.381. The Kier molecular flexibility index (Phi) is 5.01. The molecule has 30 heavy (non-hydrogen) atoms. The maximum absolute atomic E-state index is 12.6. The van der Waals surface area contributed by atoms with E-state index in [1.165, 1.54) is 18.2 Å². The SMILES string of the molecule is Cc1ccc(Oc2ccccc2NC(=O)CN2C(=O)c3ccccc3S2(=O)=O)cc1. The van der Waals surface area contributed by atoms with Crippen LogP contribution in [0.3, 0.4) is 0 Å². The molecule has 4 rings (SSSR count). The van der Waals surface area contributed by atoms with Gasteiger partial charge in [0.1, 0.15) is 17.2 Å². The average molecular weight is 422 g/mol. The molecule has 1 N–H and O–H groups in total. The lowest BCUT2D eigenvalue weighted by Crippen LogP contribution is -2.37. The molecule has 0 saturated heterocycles. The lowest BCUT2D eigenvalue weighted by molar-refractivity contribution is -0.116. The summed E-state index contributed by atoms with van der Waals surface area (Å²) < 4.78 is 31.7. The Morgan fingerprint density at radius 3 is 2.37 bits per heavy atom. The fraction of sp³-hybridized carbons (Fsp3) is 0.0909. The Hall–Kier alpha value is -3.65. The molecule has 0 atom stereocenters. The molecule has 8 heteroatoms. The number of para-hydroxylation sites is 2. The molecule has 0 unspecified atom stereocenters. The number of ether oxygens (including phenoxy) is 1. The van der Waals surface area contributed by atoms with Crippen LogP contribution in [0, 0.1) is 6.92 Å². The monoisotopic (exact) mass is 422 g/mol. The lowest BCUT2D eigenvalue weighted by atomic mass is 10.2. The molecule has 0 fully saturated rings. The van der Waals surface area contributed by atoms with E-state index in [1.807, 2.05) is 19.1 Å². The number of fused-ring (bicyclic) bond motifs is 1. The highest BCUT2D eigenvalue weighted by Gasteiger charge is 2.41. The van der Waals surface area contributed by atoms with E-state index in [2.05, 4.69) is 5.32 Å². The first-order chi connectivity index (χ1) is 14.4. The summed E-state index contributed by atoms with van der Waals surface area (Å²) in [6, 6.07) is 20.1. The van der Waals surface area contributed by atoms with Gasteiger partial charge in [-0.05, 0) is 43.3 Å². The van der Waals surface area contributed by atoms with Gasteiger partial charge in [0.2, 0.25) is 5.91 Å². The third kappa shape index (κ3) is 3.65. The van der Waals surface area contributed by atoms with Crippen molar-refractivity contribution in [3.63, 3.8) is 0 Å². The number of nitrogens with one attached hydrogen (secondary N) is 1. The minimum atomic E-state index is -4.05. The van der Waals surface area contributed by atoms with Gasteiger partial charge in [0.15, 0.2) is 5.75 Å². The van der Waals surface area contributed by atoms with E-state index in [1.54, 1.807) is 42.5 Å². The van der Waals surface area contributed by atoms with Crippen LogP contribution in [0.4, 0.5) is 5.69 Å². The van der Waals surface area contributed by atoms with E-state index < -0.39 is 28.4 Å². The summed E-state index contributed by atoms with van der Waals surface area (Å²) in [5.41, 5.74) is 1.51. The van der Waals surface area contributed by atoms with Crippen LogP contribution in [-0.2, 0) is 14.8 Å². The molecule has 3 aromatic rings. The molecule has 0 spiro atoms. The number of nitrogens with zero attached hydrogens (tertiary/aromatic N) is 1. The first-order valence-electron chi connectivity index (χ1n) is 9.16. The molecule has 0 aromatic heterocycles. The van der Waals surface area contributed by atoms with Crippen molar-refractivity contribution in [2.75, 3.05) is 11.9 Å². The maximum Gasteiger partial charge on any atom is 0.269 e. The number of rotatable bonds is 5. The largest absolute Gasteiger partial charge is 0.455 e. The number of amides is 2. The Bertz CT molecular complexity index is 1240. The van der Waals surface area contributed by atoms with Crippen molar-refractivity contribution < 1.29 is 22.7 Å². The fourth-order valence-corrected chi connectivity index (χ4v) is 4.62. The van der Waals surface area contributed by atoms with Gasteiger partial charge < -0.3 is 10.1 Å². The minimum Gasteiger partial charge on any atom is -0.455 e. The summed E-state index contributed by atoms with van der Waals surface area (Å²) >= 11 is 0. The van der Waals surface area contributed by atoms with Gasteiger partial charge in [0.05, 0.1) is 11.3 Å². The highest BCUT2D eigenvalue weighted by molar-refractivity contribution is 7.90. The average Bonchev–Trinajstić information content (AvgIpc) is 2.92. The Balaban J connectivity index is 1.52. The molecule has 0 bridgehead atoms. The van der Waals surface area contributed by atoms with Crippen molar-refractivity contribution in [1.29, 1.82) is 0 Å². The highest BCUT2D eigenvalue weighted by Crippen LogP contribution is 2.31. The summed E-state index contributed by atoms with van der Waals surface area (Å²) in [5, 5.41) is 2.63. The molecular weight excluding hydrogens is 404 g/mol. The van der Waals surface area contributed by atoms with Crippen LogP contribution < -0.4 is 10.1 Å². The maximum atomic E-state index is 12.6. The normalized spacial score (nSPS) is 14.3. The van der Waals surface area contributed by atoms with E-state index in [0.29, 0.717) is 21.5 Å². The van der Waals surface area contributed by atoms with Crippen LogP contribution in [0.1, 0.15) is 15.9 Å². The fourth-order valence-electron chi connectivity index (χ4n) is 3.10. The number of aryl methyl sites for hydroxylation is 1. The van der Waals surface area contributed by atoms with Crippen LogP contribution in [-0.4, -0.2) is 31.1 Å². The highest BCUT2D eigenvalue weighted by atomic mass is 32.2. The van der Waals surface area contributed by atoms with Crippen molar-refractivity contribution in [2.24, 2.45) is 0 Å². The van der Waals surface area contributed by atoms with Crippen LogP contribution in [0.2, 0.25) is 0 Å². The third-order valence-corrected chi connectivity index (χ3v) is 6.40. The number of benzene rings is 3. The van der Waals surface area contributed by atoms with Crippen LogP contribution in [0.5, 0.6) is 11.5 Å². The first kappa shape index (κ1) is 19.7. The van der Waals surface area contributed by atoms with Gasteiger partial charge in [-0.3, -0.25) is 9.59 Å². The Morgan fingerprint density at radius 2 is 1.63 bits per heavy atom. The predicted molar refractivity (Wildman–Crippen MR) is 111 cm³/mol. The number of sulfonamides is 1. The Morgan fingerprint density at radius 1 is 0.967 bits per heavy atom. The van der Waals surface area contributed by atoms with Gasteiger partial charge >= 0.3 is 0 Å². The van der Waals surface area contributed by atoms with E-state index in [9.17, 15) is 18.0 Å². The van der Waals surface area contributed by atoms with Gasteiger partial charge in [-0.15, -0.1) is 0 Å². The lowest BCUT2D eigenvalue weighted by Gasteiger charge is -2.16. The topological polar surface area (TPSA) is 92.8 Å². The molecule has 2 amide bonds. The number of carbonyl (C=O) groups excluding carboxylic acids is 2. The molecule has 1 aliphatic rings. The summed E-state index contributed by atoms with van der Waals surface area (Å²) in [6.45, 7) is 1.33.